The number of nitro groups is 1. The molecule has 0 saturated carbocycles. The average Bonchev–Trinajstić information content (AvgIpc) is 2.80. The third-order valence-corrected chi connectivity index (χ3v) is 6.50. The summed E-state index contributed by atoms with van der Waals surface area (Å²) in [6.45, 7) is 2.14. The van der Waals surface area contributed by atoms with E-state index in [1.807, 2.05) is 0 Å². The number of amides is 1. The third-order valence-electron chi connectivity index (χ3n) is 4.73. The zero-order chi connectivity index (χ0) is 24.7. The zero-order valence-electron chi connectivity index (χ0n) is 18.1. The van der Waals surface area contributed by atoms with Gasteiger partial charge in [-0.2, -0.15) is 4.72 Å². The highest BCUT2D eigenvalue weighted by atomic mass is 35.5. The van der Waals surface area contributed by atoms with Crippen LogP contribution in [0, 0.1) is 10.1 Å². The first-order chi connectivity index (χ1) is 16.2. The van der Waals surface area contributed by atoms with Gasteiger partial charge in [0.25, 0.3) is 5.69 Å². The Morgan fingerprint density at radius 1 is 1.09 bits per heavy atom. The number of non-ortho nitro benzene ring substituents is 1. The van der Waals surface area contributed by atoms with Crippen molar-refractivity contribution in [2.75, 3.05) is 11.9 Å². The third kappa shape index (κ3) is 6.53. The van der Waals surface area contributed by atoms with Crippen LogP contribution in [0.15, 0.2) is 77.7 Å². The Balaban J connectivity index is 1.88. The van der Waals surface area contributed by atoms with Crippen molar-refractivity contribution in [1.29, 1.82) is 0 Å². The van der Waals surface area contributed by atoms with Crippen molar-refractivity contribution < 1.29 is 22.9 Å². The van der Waals surface area contributed by atoms with Crippen LogP contribution in [0.2, 0.25) is 5.02 Å². The molecule has 0 aliphatic carbocycles. The van der Waals surface area contributed by atoms with Crippen LogP contribution in [0.25, 0.3) is 0 Å². The average molecular weight is 504 g/mol. The Morgan fingerprint density at radius 2 is 1.82 bits per heavy atom. The SMILES string of the molecule is CCOc1ccc(S(=O)(=O)N[C@H](Cc2ccccc2)C(=O)Nc2cccc([N+](=O)[O-])c2)cc1Cl. The number of anilines is 1. The van der Waals surface area contributed by atoms with Crippen LogP contribution < -0.4 is 14.8 Å². The van der Waals surface area contributed by atoms with Gasteiger partial charge in [-0.25, -0.2) is 8.42 Å². The quantitative estimate of drug-likeness (QED) is 0.315. The molecule has 0 unspecified atom stereocenters. The van der Waals surface area contributed by atoms with Gasteiger partial charge >= 0.3 is 0 Å². The molecular formula is C23H22ClN3O6S. The van der Waals surface area contributed by atoms with E-state index in [1.54, 1.807) is 37.3 Å². The van der Waals surface area contributed by atoms with Crippen LogP contribution in [0.5, 0.6) is 5.75 Å². The lowest BCUT2D eigenvalue weighted by atomic mass is 10.1. The zero-order valence-corrected chi connectivity index (χ0v) is 19.7. The van der Waals surface area contributed by atoms with E-state index in [2.05, 4.69) is 10.0 Å². The second kappa shape index (κ2) is 11.1. The predicted molar refractivity (Wildman–Crippen MR) is 129 cm³/mol. The number of ether oxygens (including phenoxy) is 1. The van der Waals surface area contributed by atoms with E-state index in [1.165, 1.54) is 42.5 Å². The van der Waals surface area contributed by atoms with Crippen LogP contribution in [-0.4, -0.2) is 31.9 Å². The summed E-state index contributed by atoms with van der Waals surface area (Å²) in [4.78, 5) is 23.4. The molecule has 0 aliphatic rings. The van der Waals surface area contributed by atoms with Gasteiger partial charge in [-0.1, -0.05) is 48.0 Å². The van der Waals surface area contributed by atoms with E-state index in [-0.39, 0.29) is 27.7 Å². The molecule has 11 heteroatoms. The van der Waals surface area contributed by atoms with Gasteiger partial charge in [0, 0.05) is 17.8 Å². The number of carbonyl (C=O) groups is 1. The molecule has 3 rings (SSSR count). The first kappa shape index (κ1) is 25.2. The van der Waals surface area contributed by atoms with Gasteiger partial charge in [0.1, 0.15) is 11.8 Å². The van der Waals surface area contributed by atoms with E-state index >= 15 is 0 Å². The Morgan fingerprint density at radius 3 is 2.47 bits per heavy atom. The van der Waals surface area contributed by atoms with Crippen LogP contribution in [-0.2, 0) is 21.2 Å². The number of rotatable bonds is 10. The van der Waals surface area contributed by atoms with Crippen LogP contribution in [0.4, 0.5) is 11.4 Å². The molecule has 0 radical (unpaired) electrons. The standard InChI is InChI=1S/C23H22ClN3O6S/c1-2-33-22-12-11-19(15-20(22)24)34(31,32)26-21(13-16-7-4-3-5-8-16)23(28)25-17-9-6-10-18(14-17)27(29)30/h3-12,14-15,21,26H,2,13H2,1H3,(H,25,28)/t21-/m1/s1. The normalized spacial score (nSPS) is 12.1. The molecule has 3 aromatic carbocycles. The predicted octanol–water partition coefficient (Wildman–Crippen LogP) is 4.18. The molecule has 0 saturated heterocycles. The Kier molecular flexibility index (Phi) is 8.21. The molecule has 34 heavy (non-hydrogen) atoms. The number of nitro benzene ring substituents is 1. The van der Waals surface area contributed by atoms with Gasteiger partial charge in [0.15, 0.2) is 0 Å². The lowest BCUT2D eigenvalue weighted by Gasteiger charge is -2.19. The Bertz CT molecular complexity index is 1280. The molecular weight excluding hydrogens is 482 g/mol. The largest absolute Gasteiger partial charge is 0.492 e. The fourth-order valence-corrected chi connectivity index (χ4v) is 4.66. The van der Waals surface area contributed by atoms with Gasteiger partial charge in [-0.3, -0.25) is 14.9 Å². The topological polar surface area (TPSA) is 128 Å². The lowest BCUT2D eigenvalue weighted by molar-refractivity contribution is -0.384. The number of hydrogen-bond donors (Lipinski definition) is 2. The number of carbonyl (C=O) groups excluding carboxylic acids is 1. The van der Waals surface area contributed by atoms with Crippen molar-refractivity contribution >= 4 is 38.9 Å². The second-order valence-electron chi connectivity index (χ2n) is 7.19. The van der Waals surface area contributed by atoms with E-state index in [9.17, 15) is 23.3 Å². The van der Waals surface area contributed by atoms with Crippen molar-refractivity contribution in [2.45, 2.75) is 24.3 Å². The van der Waals surface area contributed by atoms with Crippen molar-refractivity contribution in [2.24, 2.45) is 0 Å². The summed E-state index contributed by atoms with van der Waals surface area (Å²) >= 11 is 6.14. The summed E-state index contributed by atoms with van der Waals surface area (Å²) in [7, 11) is -4.15. The van der Waals surface area contributed by atoms with Crippen molar-refractivity contribution in [1.82, 2.24) is 4.72 Å². The maximum Gasteiger partial charge on any atom is 0.271 e. The van der Waals surface area contributed by atoms with Gasteiger partial charge in [0.05, 0.1) is 21.4 Å². The Labute approximate surface area is 201 Å². The molecule has 9 nitrogen and oxygen atoms in total. The molecule has 2 N–H and O–H groups in total. The van der Waals surface area contributed by atoms with Crippen LogP contribution >= 0.6 is 11.6 Å². The first-order valence-corrected chi connectivity index (χ1v) is 12.1. The highest BCUT2D eigenvalue weighted by molar-refractivity contribution is 7.89. The second-order valence-corrected chi connectivity index (χ2v) is 9.31. The molecule has 3 aromatic rings. The minimum absolute atomic E-state index is 0.0472. The summed E-state index contributed by atoms with van der Waals surface area (Å²) in [6, 6.07) is 17.0. The van der Waals surface area contributed by atoms with Gasteiger partial charge in [0.2, 0.25) is 15.9 Å². The van der Waals surface area contributed by atoms with Gasteiger partial charge in [-0.05, 0) is 43.2 Å². The number of nitrogens with zero attached hydrogens (tertiary/aromatic N) is 1. The minimum atomic E-state index is -4.15. The molecule has 1 atom stereocenters. The van der Waals surface area contributed by atoms with Crippen LogP contribution in [0.3, 0.4) is 0 Å². The molecule has 0 aromatic heterocycles. The summed E-state index contributed by atoms with van der Waals surface area (Å²) in [6.07, 6.45) is 0.0472. The molecule has 0 spiro atoms. The molecule has 178 valence electrons. The number of benzene rings is 3. The fraction of sp³-hybridized carbons (Fsp3) is 0.174. The summed E-state index contributed by atoms with van der Waals surface area (Å²) in [5.41, 5.74) is 0.678. The van der Waals surface area contributed by atoms with E-state index in [0.717, 1.165) is 0 Å². The molecule has 0 bridgehead atoms. The molecule has 1 amide bonds. The summed E-state index contributed by atoms with van der Waals surface area (Å²) < 4.78 is 33.9. The number of sulfonamides is 1. The number of nitrogens with one attached hydrogen (secondary N) is 2. The van der Waals surface area contributed by atoms with E-state index < -0.39 is 26.9 Å². The smallest absolute Gasteiger partial charge is 0.271 e. The highest BCUT2D eigenvalue weighted by Gasteiger charge is 2.27. The van der Waals surface area contributed by atoms with Gasteiger partial charge in [-0.15, -0.1) is 0 Å². The summed E-state index contributed by atoms with van der Waals surface area (Å²) in [5.74, 6) is -0.336. The highest BCUT2D eigenvalue weighted by Crippen LogP contribution is 2.27. The fourth-order valence-electron chi connectivity index (χ4n) is 3.14. The maximum absolute atomic E-state index is 13.1. The molecule has 0 heterocycles. The maximum atomic E-state index is 13.1. The van der Waals surface area contributed by atoms with E-state index in [0.29, 0.717) is 17.9 Å². The number of halogens is 1. The lowest BCUT2D eigenvalue weighted by Crippen LogP contribution is -2.45. The Hall–Kier alpha value is -3.47. The molecule has 0 aliphatic heterocycles. The molecule has 0 fully saturated rings. The van der Waals surface area contributed by atoms with Crippen molar-refractivity contribution in [3.63, 3.8) is 0 Å². The van der Waals surface area contributed by atoms with Crippen molar-refractivity contribution in [3.8, 4) is 5.75 Å². The summed E-state index contributed by atoms with van der Waals surface area (Å²) in [5, 5.41) is 13.7. The van der Waals surface area contributed by atoms with E-state index in [4.69, 9.17) is 16.3 Å². The van der Waals surface area contributed by atoms with Gasteiger partial charge < -0.3 is 10.1 Å². The van der Waals surface area contributed by atoms with Crippen molar-refractivity contribution in [3.05, 3.63) is 93.5 Å². The first-order valence-electron chi connectivity index (χ1n) is 10.2. The minimum Gasteiger partial charge on any atom is -0.492 e. The monoisotopic (exact) mass is 503 g/mol. The van der Waals surface area contributed by atoms with Crippen LogP contribution in [0.1, 0.15) is 12.5 Å². The number of hydrogen-bond acceptors (Lipinski definition) is 6.